The maximum Gasteiger partial charge on any atom is 0.225 e. The van der Waals surface area contributed by atoms with Crippen molar-refractivity contribution >= 4 is 11.8 Å². The fourth-order valence-electron chi connectivity index (χ4n) is 2.65. The zero-order valence-corrected chi connectivity index (χ0v) is 14.0. The van der Waals surface area contributed by atoms with Gasteiger partial charge in [-0.15, -0.1) is 0 Å². The molecule has 2 amide bonds. The maximum atomic E-state index is 12.2. The molecule has 1 aliphatic rings. The van der Waals surface area contributed by atoms with Gasteiger partial charge in [0.25, 0.3) is 0 Å². The molecule has 1 unspecified atom stereocenters. The van der Waals surface area contributed by atoms with Crippen molar-refractivity contribution in [1.82, 2.24) is 10.2 Å². The number of carbonyl (C=O) groups is 2. The van der Waals surface area contributed by atoms with Gasteiger partial charge in [-0.3, -0.25) is 9.59 Å². The predicted octanol–water partition coefficient (Wildman–Crippen LogP) is 1.97. The molecule has 126 valence electrons. The molecule has 0 spiro atoms. The van der Waals surface area contributed by atoms with E-state index in [0.29, 0.717) is 32.7 Å². The molecule has 1 heterocycles. The van der Waals surface area contributed by atoms with E-state index in [2.05, 4.69) is 5.32 Å². The number of nitrogens with zero attached hydrogens (tertiary/aromatic N) is 1. The van der Waals surface area contributed by atoms with Crippen molar-refractivity contribution in [2.75, 3.05) is 19.7 Å². The van der Waals surface area contributed by atoms with Crippen molar-refractivity contribution in [3.8, 4) is 0 Å². The zero-order chi connectivity index (χ0) is 16.7. The summed E-state index contributed by atoms with van der Waals surface area (Å²) in [4.78, 5) is 26.0. The molecule has 0 aliphatic carbocycles. The molecule has 2 rings (SSSR count). The Kier molecular flexibility index (Phi) is 6.59. The van der Waals surface area contributed by atoms with Gasteiger partial charge in [0, 0.05) is 32.7 Å². The van der Waals surface area contributed by atoms with Crippen molar-refractivity contribution < 1.29 is 14.3 Å². The lowest BCUT2D eigenvalue weighted by Crippen LogP contribution is -2.33. The maximum absolute atomic E-state index is 12.2. The first-order valence-corrected chi connectivity index (χ1v) is 8.27. The minimum absolute atomic E-state index is 0.0292. The Morgan fingerprint density at radius 2 is 2.09 bits per heavy atom. The Labute approximate surface area is 138 Å². The molecule has 5 nitrogen and oxygen atoms in total. The van der Waals surface area contributed by atoms with Crippen LogP contribution < -0.4 is 5.32 Å². The second kappa shape index (κ2) is 8.67. The summed E-state index contributed by atoms with van der Waals surface area (Å²) in [5.74, 6) is -0.215. The minimum Gasteiger partial charge on any atom is -0.379 e. The number of benzene rings is 1. The molecule has 23 heavy (non-hydrogen) atoms. The monoisotopic (exact) mass is 318 g/mol. The van der Waals surface area contributed by atoms with Crippen LogP contribution in [0.15, 0.2) is 30.3 Å². The summed E-state index contributed by atoms with van der Waals surface area (Å²) < 4.78 is 5.44. The topological polar surface area (TPSA) is 58.6 Å². The van der Waals surface area contributed by atoms with E-state index >= 15 is 0 Å². The van der Waals surface area contributed by atoms with E-state index in [1.54, 1.807) is 4.90 Å². The number of ether oxygens (including phenoxy) is 1. The van der Waals surface area contributed by atoms with Gasteiger partial charge in [-0.05, 0) is 25.8 Å². The van der Waals surface area contributed by atoms with Gasteiger partial charge < -0.3 is 15.0 Å². The van der Waals surface area contributed by atoms with Gasteiger partial charge in [-0.2, -0.15) is 0 Å². The first-order chi connectivity index (χ1) is 11.1. The lowest BCUT2D eigenvalue weighted by Gasteiger charge is -2.16. The highest BCUT2D eigenvalue weighted by Gasteiger charge is 2.33. The number of amides is 2. The standard InChI is InChI=1S/C18H26N2O3/c1-14(2)23-10-6-9-19-18(22)16-11-17(21)20(13-16)12-15-7-4-3-5-8-15/h3-5,7-8,14,16H,6,9-13H2,1-2H3,(H,19,22). The number of nitrogens with one attached hydrogen (secondary N) is 1. The van der Waals surface area contributed by atoms with E-state index in [0.717, 1.165) is 12.0 Å². The minimum atomic E-state index is -0.239. The van der Waals surface area contributed by atoms with Crippen LogP contribution in [0.25, 0.3) is 0 Å². The van der Waals surface area contributed by atoms with Gasteiger partial charge in [0.2, 0.25) is 11.8 Å². The summed E-state index contributed by atoms with van der Waals surface area (Å²) in [6.07, 6.45) is 1.31. The largest absolute Gasteiger partial charge is 0.379 e. The van der Waals surface area contributed by atoms with Gasteiger partial charge in [0.1, 0.15) is 0 Å². The van der Waals surface area contributed by atoms with E-state index in [9.17, 15) is 9.59 Å². The van der Waals surface area contributed by atoms with Gasteiger partial charge in [0.15, 0.2) is 0 Å². The molecule has 1 aromatic rings. The van der Waals surface area contributed by atoms with E-state index in [1.807, 2.05) is 44.2 Å². The normalized spacial score (nSPS) is 17.8. The van der Waals surface area contributed by atoms with Crippen molar-refractivity contribution in [1.29, 1.82) is 0 Å². The fourth-order valence-corrected chi connectivity index (χ4v) is 2.65. The highest BCUT2D eigenvalue weighted by molar-refractivity contribution is 5.89. The first kappa shape index (κ1) is 17.5. The van der Waals surface area contributed by atoms with Crippen LogP contribution in [0.3, 0.4) is 0 Å². The Hall–Kier alpha value is -1.88. The Morgan fingerprint density at radius 3 is 2.78 bits per heavy atom. The summed E-state index contributed by atoms with van der Waals surface area (Å²) in [6.45, 7) is 6.29. The number of rotatable bonds is 8. The second-order valence-corrected chi connectivity index (χ2v) is 6.23. The molecule has 1 fully saturated rings. The van der Waals surface area contributed by atoms with E-state index < -0.39 is 0 Å². The molecule has 0 saturated carbocycles. The van der Waals surface area contributed by atoms with Crippen molar-refractivity contribution in [2.45, 2.75) is 39.3 Å². The number of hydrogen-bond donors (Lipinski definition) is 1. The Bertz CT molecular complexity index is 516. The van der Waals surface area contributed by atoms with Crippen LogP contribution in [0, 0.1) is 5.92 Å². The molecular formula is C18H26N2O3. The van der Waals surface area contributed by atoms with Crippen LogP contribution in [0.5, 0.6) is 0 Å². The molecule has 0 radical (unpaired) electrons. The van der Waals surface area contributed by atoms with Crippen molar-refractivity contribution in [3.05, 3.63) is 35.9 Å². The van der Waals surface area contributed by atoms with Crippen LogP contribution in [-0.2, 0) is 20.9 Å². The highest BCUT2D eigenvalue weighted by Crippen LogP contribution is 2.20. The Balaban J connectivity index is 1.72. The lowest BCUT2D eigenvalue weighted by molar-refractivity contribution is -0.129. The molecule has 1 aliphatic heterocycles. The van der Waals surface area contributed by atoms with E-state index in [4.69, 9.17) is 4.74 Å². The van der Waals surface area contributed by atoms with E-state index in [1.165, 1.54) is 0 Å². The molecule has 1 saturated heterocycles. The summed E-state index contributed by atoms with van der Waals surface area (Å²) in [6, 6.07) is 9.86. The second-order valence-electron chi connectivity index (χ2n) is 6.23. The van der Waals surface area contributed by atoms with Crippen LogP contribution in [-0.4, -0.2) is 42.5 Å². The third-order valence-corrected chi connectivity index (χ3v) is 3.87. The molecule has 1 aromatic carbocycles. The molecule has 0 aromatic heterocycles. The predicted molar refractivity (Wildman–Crippen MR) is 88.7 cm³/mol. The molecular weight excluding hydrogens is 292 g/mol. The molecule has 1 N–H and O–H groups in total. The van der Waals surface area contributed by atoms with Gasteiger partial charge in [0.05, 0.1) is 12.0 Å². The first-order valence-electron chi connectivity index (χ1n) is 8.27. The van der Waals surface area contributed by atoms with Gasteiger partial charge >= 0.3 is 0 Å². The summed E-state index contributed by atoms with van der Waals surface area (Å²) in [7, 11) is 0. The van der Waals surface area contributed by atoms with Crippen molar-refractivity contribution in [3.63, 3.8) is 0 Å². The zero-order valence-electron chi connectivity index (χ0n) is 14.0. The van der Waals surface area contributed by atoms with Crippen LogP contribution in [0.4, 0.5) is 0 Å². The smallest absolute Gasteiger partial charge is 0.225 e. The summed E-state index contributed by atoms with van der Waals surface area (Å²) in [5, 5.41) is 2.91. The summed E-state index contributed by atoms with van der Waals surface area (Å²) >= 11 is 0. The Morgan fingerprint density at radius 1 is 1.35 bits per heavy atom. The van der Waals surface area contributed by atoms with Gasteiger partial charge in [-0.25, -0.2) is 0 Å². The quantitative estimate of drug-likeness (QED) is 0.746. The third-order valence-electron chi connectivity index (χ3n) is 3.87. The van der Waals surface area contributed by atoms with Gasteiger partial charge in [-0.1, -0.05) is 30.3 Å². The van der Waals surface area contributed by atoms with Crippen LogP contribution in [0.1, 0.15) is 32.3 Å². The van der Waals surface area contributed by atoms with Crippen LogP contribution in [0.2, 0.25) is 0 Å². The summed E-state index contributed by atoms with van der Waals surface area (Å²) in [5.41, 5.74) is 1.09. The number of carbonyl (C=O) groups excluding carboxylic acids is 2. The lowest BCUT2D eigenvalue weighted by atomic mass is 10.1. The molecule has 1 atom stereocenters. The highest BCUT2D eigenvalue weighted by atomic mass is 16.5. The number of hydrogen-bond acceptors (Lipinski definition) is 3. The molecule has 5 heteroatoms. The third kappa shape index (κ3) is 5.67. The fraction of sp³-hybridized carbons (Fsp3) is 0.556. The average molecular weight is 318 g/mol. The van der Waals surface area contributed by atoms with E-state index in [-0.39, 0.29) is 23.8 Å². The van der Waals surface area contributed by atoms with Crippen molar-refractivity contribution in [2.24, 2.45) is 5.92 Å². The average Bonchev–Trinajstić information content (AvgIpc) is 2.88. The SMILES string of the molecule is CC(C)OCCCNC(=O)C1CC(=O)N(Cc2ccccc2)C1. The van der Waals surface area contributed by atoms with Crippen LogP contribution >= 0.6 is 0 Å². The molecule has 0 bridgehead atoms. The number of likely N-dealkylation sites (tertiary alicyclic amines) is 1.